The van der Waals surface area contributed by atoms with Crippen LogP contribution in [0.5, 0.6) is 0 Å². The summed E-state index contributed by atoms with van der Waals surface area (Å²) in [5, 5.41) is 0. The number of thiophene rings is 2. The average molecular weight is 415 g/mol. The smallest absolute Gasteiger partial charge is 0.193 e. The maximum Gasteiger partial charge on any atom is 0.193 e. The largest absolute Gasteiger partial charge is 0.289 e. The first-order chi connectivity index (χ1) is 12.6. The van der Waals surface area contributed by atoms with Gasteiger partial charge in [-0.1, -0.05) is 59.6 Å². The molecule has 128 valence electrons. The van der Waals surface area contributed by atoms with E-state index >= 15 is 0 Å². The maximum atomic E-state index is 13.0. The summed E-state index contributed by atoms with van der Waals surface area (Å²) < 4.78 is 1.47. The standard InChI is InChI=1S/C21H12Cl2OS2/c22-19-9-7-17(25-19)13-3-1-5-15(11-13)21(24)16-6-2-4-14(12-16)18-8-10-20(23)26-18/h1-12H. The highest BCUT2D eigenvalue weighted by Gasteiger charge is 2.12. The molecular weight excluding hydrogens is 403 g/mol. The van der Waals surface area contributed by atoms with Crippen LogP contribution in [0.15, 0.2) is 72.8 Å². The lowest BCUT2D eigenvalue weighted by Crippen LogP contribution is -2.01. The van der Waals surface area contributed by atoms with Crippen molar-refractivity contribution in [2.24, 2.45) is 0 Å². The molecule has 0 saturated heterocycles. The average Bonchev–Trinajstić information content (AvgIpc) is 3.30. The van der Waals surface area contributed by atoms with Gasteiger partial charge in [0.2, 0.25) is 0 Å². The summed E-state index contributed by atoms with van der Waals surface area (Å²) in [6.07, 6.45) is 0. The molecule has 0 unspecified atom stereocenters. The van der Waals surface area contributed by atoms with Crippen LogP contribution < -0.4 is 0 Å². The van der Waals surface area contributed by atoms with E-state index in [1.54, 1.807) is 0 Å². The van der Waals surface area contributed by atoms with Gasteiger partial charge in [0.05, 0.1) is 8.67 Å². The minimum atomic E-state index is -0.000920. The van der Waals surface area contributed by atoms with Gasteiger partial charge in [0, 0.05) is 20.9 Å². The zero-order valence-electron chi connectivity index (χ0n) is 13.4. The normalized spacial score (nSPS) is 10.8. The van der Waals surface area contributed by atoms with Crippen LogP contribution in [-0.4, -0.2) is 5.78 Å². The molecule has 0 spiro atoms. The van der Waals surface area contributed by atoms with Gasteiger partial charge in [0.1, 0.15) is 0 Å². The second kappa shape index (κ2) is 7.37. The van der Waals surface area contributed by atoms with Gasteiger partial charge in [-0.25, -0.2) is 0 Å². The van der Waals surface area contributed by atoms with Crippen molar-refractivity contribution in [1.82, 2.24) is 0 Å². The van der Waals surface area contributed by atoms with E-state index < -0.39 is 0 Å². The van der Waals surface area contributed by atoms with Crippen molar-refractivity contribution in [3.05, 3.63) is 92.6 Å². The highest BCUT2D eigenvalue weighted by molar-refractivity contribution is 7.19. The van der Waals surface area contributed by atoms with Gasteiger partial charge in [0.25, 0.3) is 0 Å². The summed E-state index contributed by atoms with van der Waals surface area (Å²) in [4.78, 5) is 15.1. The summed E-state index contributed by atoms with van der Waals surface area (Å²) in [5.41, 5.74) is 3.31. The Balaban J connectivity index is 1.68. The van der Waals surface area contributed by atoms with E-state index in [4.69, 9.17) is 23.2 Å². The molecule has 0 atom stereocenters. The molecule has 0 radical (unpaired) electrons. The summed E-state index contributed by atoms with van der Waals surface area (Å²) in [7, 11) is 0. The van der Waals surface area contributed by atoms with Crippen molar-refractivity contribution in [2.75, 3.05) is 0 Å². The number of halogens is 2. The Hall–Kier alpha value is -1.91. The number of benzene rings is 2. The van der Waals surface area contributed by atoms with E-state index in [1.165, 1.54) is 22.7 Å². The topological polar surface area (TPSA) is 17.1 Å². The van der Waals surface area contributed by atoms with E-state index in [9.17, 15) is 4.79 Å². The zero-order chi connectivity index (χ0) is 18.1. The third-order valence-electron chi connectivity index (χ3n) is 3.96. The molecule has 0 aliphatic heterocycles. The molecule has 0 saturated carbocycles. The van der Waals surface area contributed by atoms with E-state index in [0.29, 0.717) is 11.1 Å². The van der Waals surface area contributed by atoms with Crippen molar-refractivity contribution in [3.63, 3.8) is 0 Å². The van der Waals surface area contributed by atoms with Gasteiger partial charge in [-0.15, -0.1) is 22.7 Å². The van der Waals surface area contributed by atoms with Crippen molar-refractivity contribution < 1.29 is 4.79 Å². The molecule has 2 heterocycles. The summed E-state index contributed by atoms with van der Waals surface area (Å²) in [5.74, 6) is -0.000920. The molecule has 0 N–H and O–H groups in total. The number of hydrogen-bond donors (Lipinski definition) is 0. The second-order valence-electron chi connectivity index (χ2n) is 5.70. The fraction of sp³-hybridized carbons (Fsp3) is 0. The molecule has 4 aromatic rings. The number of hydrogen-bond acceptors (Lipinski definition) is 3. The quantitative estimate of drug-likeness (QED) is 0.312. The van der Waals surface area contributed by atoms with Crippen LogP contribution >= 0.6 is 45.9 Å². The highest BCUT2D eigenvalue weighted by atomic mass is 35.5. The van der Waals surface area contributed by atoms with Crippen LogP contribution in [0.3, 0.4) is 0 Å². The van der Waals surface area contributed by atoms with Crippen molar-refractivity contribution in [2.45, 2.75) is 0 Å². The van der Waals surface area contributed by atoms with Gasteiger partial charge >= 0.3 is 0 Å². The molecule has 26 heavy (non-hydrogen) atoms. The van der Waals surface area contributed by atoms with Gasteiger partial charge in [0.15, 0.2) is 5.78 Å². The molecule has 2 aromatic carbocycles. The molecule has 4 rings (SSSR count). The lowest BCUT2D eigenvalue weighted by atomic mass is 9.99. The van der Waals surface area contributed by atoms with E-state index in [2.05, 4.69) is 0 Å². The van der Waals surface area contributed by atoms with E-state index in [0.717, 1.165) is 29.6 Å². The maximum absolute atomic E-state index is 13.0. The zero-order valence-corrected chi connectivity index (χ0v) is 16.6. The first-order valence-electron chi connectivity index (χ1n) is 7.86. The lowest BCUT2D eigenvalue weighted by Gasteiger charge is -2.06. The third-order valence-corrected chi connectivity index (χ3v) is 6.53. The van der Waals surface area contributed by atoms with Crippen LogP contribution in [0.25, 0.3) is 20.9 Å². The minimum absolute atomic E-state index is 0.000920. The first kappa shape index (κ1) is 17.5. The third kappa shape index (κ3) is 3.62. The Labute approximate surface area is 169 Å². The Bertz CT molecular complexity index is 1010. The Kier molecular flexibility index (Phi) is 4.96. The fourth-order valence-corrected chi connectivity index (χ4v) is 4.81. The lowest BCUT2D eigenvalue weighted by molar-refractivity contribution is 0.103. The number of ketones is 1. The predicted molar refractivity (Wildman–Crippen MR) is 113 cm³/mol. The monoisotopic (exact) mass is 414 g/mol. The van der Waals surface area contributed by atoms with Gasteiger partial charge in [-0.2, -0.15) is 0 Å². The molecular formula is C21H12Cl2OS2. The van der Waals surface area contributed by atoms with E-state index in [1.807, 2.05) is 72.8 Å². The predicted octanol–water partition coefficient (Wildman–Crippen LogP) is 7.68. The van der Waals surface area contributed by atoms with Crippen molar-refractivity contribution in [3.8, 4) is 20.9 Å². The van der Waals surface area contributed by atoms with Gasteiger partial charge in [-0.05, 0) is 47.5 Å². The molecule has 0 bridgehead atoms. The van der Waals surface area contributed by atoms with Crippen LogP contribution in [0.2, 0.25) is 8.67 Å². The summed E-state index contributed by atoms with van der Waals surface area (Å²) >= 11 is 15.1. The molecule has 0 aliphatic rings. The first-order valence-corrected chi connectivity index (χ1v) is 10.3. The Morgan fingerprint density at radius 2 is 1.12 bits per heavy atom. The van der Waals surface area contributed by atoms with Crippen LogP contribution in [-0.2, 0) is 0 Å². The summed E-state index contributed by atoms with van der Waals surface area (Å²) in [6, 6.07) is 23.0. The Morgan fingerprint density at radius 3 is 1.50 bits per heavy atom. The number of carbonyl (C=O) groups is 1. The van der Waals surface area contributed by atoms with Crippen molar-refractivity contribution >= 4 is 51.7 Å². The van der Waals surface area contributed by atoms with Gasteiger partial charge < -0.3 is 0 Å². The summed E-state index contributed by atoms with van der Waals surface area (Å²) in [6.45, 7) is 0. The fourth-order valence-electron chi connectivity index (χ4n) is 2.73. The highest BCUT2D eigenvalue weighted by Crippen LogP contribution is 2.33. The van der Waals surface area contributed by atoms with Crippen LogP contribution in [0.1, 0.15) is 15.9 Å². The number of rotatable bonds is 4. The van der Waals surface area contributed by atoms with Crippen LogP contribution in [0, 0.1) is 0 Å². The van der Waals surface area contributed by atoms with Crippen molar-refractivity contribution in [1.29, 1.82) is 0 Å². The molecule has 5 heteroatoms. The second-order valence-corrected chi connectivity index (χ2v) is 9.13. The molecule has 0 aliphatic carbocycles. The molecule has 0 amide bonds. The SMILES string of the molecule is O=C(c1cccc(-c2ccc(Cl)s2)c1)c1cccc(-c2ccc(Cl)s2)c1. The molecule has 2 aromatic heterocycles. The molecule has 0 fully saturated rings. The Morgan fingerprint density at radius 1 is 0.654 bits per heavy atom. The van der Waals surface area contributed by atoms with Gasteiger partial charge in [-0.3, -0.25) is 4.79 Å². The van der Waals surface area contributed by atoms with Crippen LogP contribution in [0.4, 0.5) is 0 Å². The van der Waals surface area contributed by atoms with E-state index in [-0.39, 0.29) is 5.78 Å². The number of carbonyl (C=O) groups excluding carboxylic acids is 1. The molecule has 1 nitrogen and oxygen atoms in total. The minimum Gasteiger partial charge on any atom is -0.289 e.